The fourth-order valence-corrected chi connectivity index (χ4v) is 3.35. The highest BCUT2D eigenvalue weighted by Crippen LogP contribution is 2.41. The van der Waals surface area contributed by atoms with Crippen molar-refractivity contribution in [1.29, 1.82) is 0 Å². The van der Waals surface area contributed by atoms with Crippen LogP contribution in [0.5, 0.6) is 0 Å². The van der Waals surface area contributed by atoms with E-state index in [2.05, 4.69) is 10.6 Å². The van der Waals surface area contributed by atoms with Gasteiger partial charge in [-0.05, 0) is 30.6 Å². The minimum Gasteiger partial charge on any atom is -0.353 e. The molecular formula is C12H21ClN2O. The second-order valence-corrected chi connectivity index (χ2v) is 5.43. The third-order valence-electron chi connectivity index (χ3n) is 4.37. The van der Waals surface area contributed by atoms with E-state index in [0.29, 0.717) is 17.9 Å². The summed E-state index contributed by atoms with van der Waals surface area (Å²) in [5.41, 5.74) is 0. The van der Waals surface area contributed by atoms with E-state index in [9.17, 15) is 4.79 Å². The number of fused-ring (bicyclic) bond motifs is 1. The van der Waals surface area contributed by atoms with Gasteiger partial charge in [0, 0.05) is 25.6 Å². The van der Waals surface area contributed by atoms with E-state index in [1.54, 1.807) is 0 Å². The molecule has 1 amide bonds. The Morgan fingerprint density at radius 3 is 2.44 bits per heavy atom. The summed E-state index contributed by atoms with van der Waals surface area (Å²) in [5, 5.41) is 6.55. The second-order valence-electron chi connectivity index (χ2n) is 5.43. The quantitative estimate of drug-likeness (QED) is 0.786. The van der Waals surface area contributed by atoms with Crippen molar-refractivity contribution in [2.24, 2.45) is 17.8 Å². The molecule has 2 saturated carbocycles. The molecule has 4 heteroatoms. The van der Waals surface area contributed by atoms with E-state index in [0.717, 1.165) is 31.3 Å². The van der Waals surface area contributed by atoms with Gasteiger partial charge in [-0.1, -0.05) is 12.8 Å². The van der Waals surface area contributed by atoms with E-state index in [4.69, 9.17) is 0 Å². The molecule has 2 aliphatic carbocycles. The summed E-state index contributed by atoms with van der Waals surface area (Å²) in [6, 6.07) is 0.514. The standard InChI is InChI=1S/C12H20N2O.ClH/c15-11(5-8-3-1-2-4-8)14-12-9-6-13-7-10(9)12;/h8-10,12-13H,1-7H2,(H,14,15);1H. The minimum atomic E-state index is 0. The molecule has 3 nitrogen and oxygen atoms in total. The maximum absolute atomic E-state index is 11.7. The molecule has 0 radical (unpaired) electrons. The van der Waals surface area contributed by atoms with Crippen molar-refractivity contribution in [2.45, 2.75) is 38.1 Å². The molecule has 2 atom stereocenters. The van der Waals surface area contributed by atoms with Crippen molar-refractivity contribution in [3.63, 3.8) is 0 Å². The van der Waals surface area contributed by atoms with Crippen molar-refractivity contribution in [1.82, 2.24) is 10.6 Å². The van der Waals surface area contributed by atoms with Crippen LogP contribution in [0.2, 0.25) is 0 Å². The van der Waals surface area contributed by atoms with Crippen molar-refractivity contribution in [2.75, 3.05) is 13.1 Å². The number of carbonyl (C=O) groups excluding carboxylic acids is 1. The van der Waals surface area contributed by atoms with Crippen molar-refractivity contribution < 1.29 is 4.79 Å². The number of rotatable bonds is 3. The van der Waals surface area contributed by atoms with E-state index in [-0.39, 0.29) is 12.4 Å². The van der Waals surface area contributed by atoms with Crippen LogP contribution in [0.15, 0.2) is 0 Å². The summed E-state index contributed by atoms with van der Waals surface area (Å²) in [4.78, 5) is 11.7. The zero-order valence-corrected chi connectivity index (χ0v) is 10.4. The number of hydrogen-bond acceptors (Lipinski definition) is 2. The Bertz CT molecular complexity index is 256. The Balaban J connectivity index is 0.000000963. The lowest BCUT2D eigenvalue weighted by atomic mass is 10.0. The van der Waals surface area contributed by atoms with Crippen LogP contribution < -0.4 is 10.6 Å². The summed E-state index contributed by atoms with van der Waals surface area (Å²) < 4.78 is 0. The molecule has 1 saturated heterocycles. The largest absolute Gasteiger partial charge is 0.353 e. The average molecular weight is 245 g/mol. The highest BCUT2D eigenvalue weighted by atomic mass is 35.5. The Kier molecular flexibility index (Phi) is 3.75. The van der Waals surface area contributed by atoms with E-state index in [1.165, 1.54) is 25.7 Å². The van der Waals surface area contributed by atoms with Crippen molar-refractivity contribution >= 4 is 18.3 Å². The molecule has 0 spiro atoms. The zero-order chi connectivity index (χ0) is 10.3. The van der Waals surface area contributed by atoms with Gasteiger partial charge in [-0.25, -0.2) is 0 Å². The van der Waals surface area contributed by atoms with E-state index in [1.807, 2.05) is 0 Å². The van der Waals surface area contributed by atoms with Crippen LogP contribution in [0.4, 0.5) is 0 Å². The third-order valence-corrected chi connectivity index (χ3v) is 4.37. The predicted molar refractivity (Wildman–Crippen MR) is 65.6 cm³/mol. The van der Waals surface area contributed by atoms with Crippen LogP contribution in [0.3, 0.4) is 0 Å². The number of nitrogens with one attached hydrogen (secondary N) is 2. The first-order chi connectivity index (χ1) is 7.34. The summed E-state index contributed by atoms with van der Waals surface area (Å²) in [6.45, 7) is 2.22. The van der Waals surface area contributed by atoms with Crippen LogP contribution in [-0.4, -0.2) is 25.0 Å². The molecule has 16 heavy (non-hydrogen) atoms. The summed E-state index contributed by atoms with van der Waals surface area (Å²) in [6.07, 6.45) is 5.98. The van der Waals surface area contributed by atoms with Crippen LogP contribution in [0, 0.1) is 17.8 Å². The minimum absolute atomic E-state index is 0. The van der Waals surface area contributed by atoms with Crippen molar-refractivity contribution in [3.8, 4) is 0 Å². The fraction of sp³-hybridized carbons (Fsp3) is 0.917. The molecular weight excluding hydrogens is 224 g/mol. The number of carbonyl (C=O) groups is 1. The van der Waals surface area contributed by atoms with Gasteiger partial charge in [0.15, 0.2) is 0 Å². The van der Waals surface area contributed by atoms with E-state index < -0.39 is 0 Å². The normalized spacial score (nSPS) is 36.6. The monoisotopic (exact) mass is 244 g/mol. The first-order valence-electron chi connectivity index (χ1n) is 6.34. The average Bonchev–Trinajstić information content (AvgIpc) is 2.65. The van der Waals surface area contributed by atoms with Crippen LogP contribution in [0.1, 0.15) is 32.1 Å². The molecule has 3 rings (SSSR count). The van der Waals surface area contributed by atoms with Gasteiger partial charge in [-0.2, -0.15) is 0 Å². The number of piperidine rings is 1. The smallest absolute Gasteiger partial charge is 0.220 e. The van der Waals surface area contributed by atoms with Crippen molar-refractivity contribution in [3.05, 3.63) is 0 Å². The molecule has 1 heterocycles. The fourth-order valence-electron chi connectivity index (χ4n) is 3.35. The Labute approximate surface area is 103 Å². The lowest BCUT2D eigenvalue weighted by Crippen LogP contribution is -2.33. The molecule has 3 fully saturated rings. The first-order valence-corrected chi connectivity index (χ1v) is 6.34. The molecule has 92 valence electrons. The molecule has 1 aliphatic heterocycles. The summed E-state index contributed by atoms with van der Waals surface area (Å²) >= 11 is 0. The molecule has 0 aromatic heterocycles. The first kappa shape index (κ1) is 12.2. The van der Waals surface area contributed by atoms with E-state index >= 15 is 0 Å². The number of halogens is 1. The molecule has 0 aromatic rings. The molecule has 0 bridgehead atoms. The SMILES string of the molecule is Cl.O=C(CC1CCCC1)NC1C2CNCC21. The predicted octanol–water partition coefficient (Wildman–Crippen LogP) is 1.32. The lowest BCUT2D eigenvalue weighted by Gasteiger charge is -2.11. The maximum Gasteiger partial charge on any atom is 0.220 e. The molecule has 0 aromatic carbocycles. The van der Waals surface area contributed by atoms with Gasteiger partial charge in [0.1, 0.15) is 0 Å². The third kappa shape index (κ3) is 2.35. The Morgan fingerprint density at radius 2 is 1.81 bits per heavy atom. The highest BCUT2D eigenvalue weighted by Gasteiger charge is 2.53. The van der Waals surface area contributed by atoms with Gasteiger partial charge in [0.2, 0.25) is 5.91 Å². The topological polar surface area (TPSA) is 41.1 Å². The summed E-state index contributed by atoms with van der Waals surface area (Å²) in [7, 11) is 0. The Hall–Kier alpha value is -0.280. The number of amides is 1. The van der Waals surface area contributed by atoms with Gasteiger partial charge >= 0.3 is 0 Å². The van der Waals surface area contributed by atoms with Gasteiger partial charge in [-0.15, -0.1) is 12.4 Å². The van der Waals surface area contributed by atoms with Crippen LogP contribution >= 0.6 is 12.4 Å². The van der Waals surface area contributed by atoms with Gasteiger partial charge in [-0.3, -0.25) is 4.79 Å². The van der Waals surface area contributed by atoms with Gasteiger partial charge in [0.05, 0.1) is 0 Å². The Morgan fingerprint density at radius 1 is 1.19 bits per heavy atom. The summed E-state index contributed by atoms with van der Waals surface area (Å²) in [5.74, 6) is 2.48. The van der Waals surface area contributed by atoms with Crippen LogP contribution in [0.25, 0.3) is 0 Å². The van der Waals surface area contributed by atoms with Gasteiger partial charge in [0.25, 0.3) is 0 Å². The number of hydrogen-bond donors (Lipinski definition) is 2. The van der Waals surface area contributed by atoms with Crippen LogP contribution in [-0.2, 0) is 4.79 Å². The highest BCUT2D eigenvalue weighted by molar-refractivity contribution is 5.85. The molecule has 2 N–H and O–H groups in total. The zero-order valence-electron chi connectivity index (χ0n) is 9.58. The molecule has 3 aliphatic rings. The lowest BCUT2D eigenvalue weighted by molar-refractivity contribution is -0.122. The van der Waals surface area contributed by atoms with Gasteiger partial charge < -0.3 is 10.6 Å². The maximum atomic E-state index is 11.7. The molecule has 2 unspecified atom stereocenters. The second kappa shape index (κ2) is 4.92.